The molecule has 3 N–H and O–H groups in total. The first-order chi connectivity index (χ1) is 29.8. The van der Waals surface area contributed by atoms with E-state index in [0.717, 1.165) is 53.0 Å². The van der Waals surface area contributed by atoms with Crippen LogP contribution in [0.15, 0.2) is 41.1 Å². The standard InChI is InChI=1S/C46H59N7O7S3/c1-26(2)33-24-61-40(48-33)32-21-36(30-16-17-35(59-8)27(3)38(30)47-32)60-29-20-34-39(54)51-46(42(56)52-63(57,58)45(7)18-19-45)22-28(46)14-12-10-9-11-13-15-31(41(55)53(34)23-29)49-43-50-37(25-62-43)44(4,5)6/h12,14,16-17,21,24-26,28-29,31,34H,9-11,13,15,18-20,22-23H2,1-8H3,(H,49,50)(H,51,54)(H,52,56)/b14-12-/t28-,29+,31-,34-,46+/m0/s1. The van der Waals surface area contributed by atoms with Gasteiger partial charge >= 0.3 is 0 Å². The lowest BCUT2D eigenvalue weighted by Gasteiger charge is -2.30. The fourth-order valence-electron chi connectivity index (χ4n) is 8.44. The van der Waals surface area contributed by atoms with Gasteiger partial charge in [0, 0.05) is 45.5 Å². The van der Waals surface area contributed by atoms with Gasteiger partial charge in [-0.1, -0.05) is 59.6 Å². The van der Waals surface area contributed by atoms with Gasteiger partial charge < -0.3 is 25.0 Å². The van der Waals surface area contributed by atoms with Crippen molar-refractivity contribution in [2.45, 2.75) is 146 Å². The summed E-state index contributed by atoms with van der Waals surface area (Å²) in [6.45, 7) is 14.1. The molecule has 3 aromatic heterocycles. The van der Waals surface area contributed by atoms with E-state index in [-0.39, 0.29) is 36.6 Å². The lowest BCUT2D eigenvalue weighted by molar-refractivity contribution is -0.140. The molecule has 0 radical (unpaired) electrons. The second kappa shape index (κ2) is 17.1. The molecule has 17 heteroatoms. The van der Waals surface area contributed by atoms with E-state index in [9.17, 15) is 18.0 Å². The van der Waals surface area contributed by atoms with Crippen LogP contribution in [0, 0.1) is 12.8 Å². The van der Waals surface area contributed by atoms with Gasteiger partial charge in [0.05, 0.1) is 35.3 Å². The van der Waals surface area contributed by atoms with Gasteiger partial charge in [-0.05, 0) is 70.4 Å². The summed E-state index contributed by atoms with van der Waals surface area (Å²) in [5.74, 6) is -0.557. The van der Waals surface area contributed by atoms with Crippen molar-refractivity contribution in [3.8, 4) is 22.2 Å². The second-order valence-electron chi connectivity index (χ2n) is 19.2. The number of hydrogen-bond donors (Lipinski definition) is 3. The largest absolute Gasteiger partial charge is 0.496 e. The number of methoxy groups -OCH3 is 1. The summed E-state index contributed by atoms with van der Waals surface area (Å²) >= 11 is 2.95. The Labute approximate surface area is 378 Å². The van der Waals surface area contributed by atoms with E-state index in [1.165, 1.54) is 22.7 Å². The van der Waals surface area contributed by atoms with Gasteiger partial charge in [-0.2, -0.15) is 0 Å². The second-order valence-corrected chi connectivity index (χ2v) is 23.1. The van der Waals surface area contributed by atoms with Gasteiger partial charge in [0.25, 0.3) is 5.91 Å². The number of carbonyl (C=O) groups excluding carboxylic acids is 3. The molecule has 4 aliphatic rings. The third-order valence-corrected chi connectivity index (χ3v) is 16.9. The van der Waals surface area contributed by atoms with Gasteiger partial charge in [0.15, 0.2) is 5.13 Å². The zero-order valence-electron chi connectivity index (χ0n) is 37.4. The van der Waals surface area contributed by atoms with Crippen LogP contribution < -0.4 is 24.8 Å². The van der Waals surface area contributed by atoms with E-state index in [1.807, 2.05) is 48.0 Å². The van der Waals surface area contributed by atoms with E-state index >= 15 is 4.79 Å². The van der Waals surface area contributed by atoms with Crippen molar-refractivity contribution in [2.75, 3.05) is 19.0 Å². The third-order valence-electron chi connectivity index (χ3n) is 13.0. The quantitative estimate of drug-likeness (QED) is 0.132. The molecule has 2 saturated carbocycles. The monoisotopic (exact) mass is 917 g/mol. The lowest BCUT2D eigenvalue weighted by Crippen LogP contribution is -2.58. The number of amides is 3. The summed E-state index contributed by atoms with van der Waals surface area (Å²) in [5, 5.41) is 12.6. The molecule has 3 fully saturated rings. The number of sulfonamides is 1. The number of allylic oxidation sites excluding steroid dienone is 1. The highest BCUT2D eigenvalue weighted by Gasteiger charge is 2.63. The number of aryl methyl sites for hydroxylation is 1. The Bertz CT molecular complexity index is 2560. The molecule has 0 bridgehead atoms. The average molecular weight is 918 g/mol. The topological polar surface area (TPSA) is 182 Å². The van der Waals surface area contributed by atoms with Crippen LogP contribution in [0.5, 0.6) is 11.5 Å². The maximum absolute atomic E-state index is 15.1. The molecular formula is C46H59N7O7S3. The van der Waals surface area contributed by atoms with Gasteiger partial charge in [-0.3, -0.25) is 19.1 Å². The maximum atomic E-state index is 15.1. The van der Waals surface area contributed by atoms with Crippen LogP contribution in [0.1, 0.15) is 122 Å². The number of anilines is 1. The average Bonchev–Trinajstić information content (AvgIpc) is 3.83. The Morgan fingerprint density at radius 1 is 1.05 bits per heavy atom. The van der Waals surface area contributed by atoms with Crippen molar-refractivity contribution < 1.29 is 32.3 Å². The molecule has 63 heavy (non-hydrogen) atoms. The van der Waals surface area contributed by atoms with Crippen molar-refractivity contribution in [3.05, 3.63) is 58.1 Å². The number of thiazole rings is 2. The molecular weight excluding hydrogens is 859 g/mol. The molecule has 5 heterocycles. The minimum Gasteiger partial charge on any atom is -0.496 e. The Morgan fingerprint density at radius 2 is 1.83 bits per heavy atom. The molecule has 3 amide bonds. The minimum absolute atomic E-state index is 0.0819. The summed E-state index contributed by atoms with van der Waals surface area (Å²) in [6, 6.07) is 3.91. The fraction of sp³-hybridized carbons (Fsp3) is 0.565. The molecule has 4 aromatic rings. The molecule has 8 rings (SSSR count). The van der Waals surface area contributed by atoms with Crippen LogP contribution >= 0.6 is 22.7 Å². The summed E-state index contributed by atoms with van der Waals surface area (Å²) in [5.41, 5.74) is 2.34. The van der Waals surface area contributed by atoms with Crippen molar-refractivity contribution in [3.63, 3.8) is 0 Å². The number of fused-ring (bicyclic) bond motifs is 3. The number of nitrogens with one attached hydrogen (secondary N) is 3. The first-order valence-corrected chi connectivity index (χ1v) is 25.3. The zero-order valence-corrected chi connectivity index (χ0v) is 39.8. The number of pyridine rings is 1. The molecule has 1 aromatic carbocycles. The summed E-state index contributed by atoms with van der Waals surface area (Å²) in [6.07, 6.45) is 8.30. The predicted molar refractivity (Wildman–Crippen MR) is 247 cm³/mol. The van der Waals surface area contributed by atoms with E-state index in [0.29, 0.717) is 47.1 Å². The van der Waals surface area contributed by atoms with Gasteiger partial charge in [0.1, 0.15) is 45.9 Å². The van der Waals surface area contributed by atoms with Crippen LogP contribution in [0.4, 0.5) is 5.13 Å². The number of ether oxygens (including phenoxy) is 2. The van der Waals surface area contributed by atoms with Crippen LogP contribution in [0.25, 0.3) is 21.6 Å². The van der Waals surface area contributed by atoms with Crippen LogP contribution in [-0.4, -0.2) is 88.1 Å². The van der Waals surface area contributed by atoms with Gasteiger partial charge in [0.2, 0.25) is 21.8 Å². The number of benzene rings is 1. The summed E-state index contributed by atoms with van der Waals surface area (Å²) in [4.78, 5) is 60.3. The van der Waals surface area contributed by atoms with Crippen molar-refractivity contribution in [1.82, 2.24) is 29.9 Å². The summed E-state index contributed by atoms with van der Waals surface area (Å²) in [7, 11) is -2.37. The molecule has 1 saturated heterocycles. The van der Waals surface area contributed by atoms with Gasteiger partial charge in [-0.25, -0.2) is 23.4 Å². The molecule has 0 spiro atoms. The Kier molecular flexibility index (Phi) is 12.2. The highest BCUT2D eigenvalue weighted by atomic mass is 32.2. The lowest BCUT2D eigenvalue weighted by atomic mass is 9.93. The van der Waals surface area contributed by atoms with E-state index in [4.69, 9.17) is 24.4 Å². The number of nitrogens with zero attached hydrogens (tertiary/aromatic N) is 4. The normalized spacial score (nSPS) is 25.6. The van der Waals surface area contributed by atoms with Gasteiger partial charge in [-0.15, -0.1) is 22.7 Å². The highest BCUT2D eigenvalue weighted by molar-refractivity contribution is 7.91. The van der Waals surface area contributed by atoms with Crippen molar-refractivity contribution in [2.24, 2.45) is 5.92 Å². The molecule has 5 atom stereocenters. The number of carbonyl (C=O) groups is 3. The predicted octanol–water partition coefficient (Wildman–Crippen LogP) is 7.78. The third kappa shape index (κ3) is 9.06. The summed E-state index contributed by atoms with van der Waals surface area (Å²) < 4.78 is 40.6. The number of rotatable bonds is 10. The molecule has 338 valence electrons. The number of hydrogen-bond acceptors (Lipinski definition) is 13. The molecule has 0 unspecified atom stereocenters. The number of aromatic nitrogens is 3. The minimum atomic E-state index is -3.99. The van der Waals surface area contributed by atoms with Crippen LogP contribution in [0.3, 0.4) is 0 Å². The Morgan fingerprint density at radius 3 is 2.51 bits per heavy atom. The Balaban J connectivity index is 1.15. The van der Waals surface area contributed by atoms with Crippen LogP contribution in [0.2, 0.25) is 0 Å². The van der Waals surface area contributed by atoms with E-state index in [1.54, 1.807) is 18.9 Å². The molecule has 2 aliphatic carbocycles. The van der Waals surface area contributed by atoms with E-state index < -0.39 is 56.2 Å². The SMILES string of the molecule is COc1ccc2c(O[C@@H]3C[C@H]4C(=O)N[C@]5(C(=O)NS(=O)(=O)C6(C)CC6)C[C@@H]5/C=C\CCCCC[C@H](Nc5nc(C(C)(C)C)cs5)C(=O)N4C3)cc(-c3nc(C(C)C)cs3)nc2c1C. The highest BCUT2D eigenvalue weighted by Crippen LogP contribution is 2.48. The van der Waals surface area contributed by atoms with E-state index in [2.05, 4.69) is 50.0 Å². The smallest absolute Gasteiger partial charge is 0.259 e. The molecule has 14 nitrogen and oxygen atoms in total. The van der Waals surface area contributed by atoms with Crippen molar-refractivity contribution >= 4 is 66.5 Å². The maximum Gasteiger partial charge on any atom is 0.259 e. The first kappa shape index (κ1) is 45.0. The Hall–Kier alpha value is -4.61. The zero-order chi connectivity index (χ0) is 45.1. The van der Waals surface area contributed by atoms with Crippen molar-refractivity contribution in [1.29, 1.82) is 0 Å². The molecule has 2 aliphatic heterocycles. The van der Waals surface area contributed by atoms with Crippen LogP contribution in [-0.2, 0) is 29.8 Å². The first-order valence-electron chi connectivity index (χ1n) is 22.0. The fourth-order valence-corrected chi connectivity index (χ4v) is 11.7.